The fourth-order valence-corrected chi connectivity index (χ4v) is 5.32. The number of ether oxygens (including phenoxy) is 4. The van der Waals surface area contributed by atoms with Crippen molar-refractivity contribution in [3.63, 3.8) is 0 Å². The molecule has 0 spiro atoms. The van der Waals surface area contributed by atoms with Gasteiger partial charge < -0.3 is 18.9 Å². The lowest BCUT2D eigenvalue weighted by Gasteiger charge is -2.59. The van der Waals surface area contributed by atoms with Crippen LogP contribution in [0.5, 0.6) is 0 Å². The highest BCUT2D eigenvalue weighted by molar-refractivity contribution is 5.20. The van der Waals surface area contributed by atoms with Crippen molar-refractivity contribution >= 4 is 0 Å². The highest BCUT2D eigenvalue weighted by Crippen LogP contribution is 2.54. The Hall–Kier alpha value is -0.160. The minimum absolute atomic E-state index is 0.155. The van der Waals surface area contributed by atoms with Gasteiger partial charge in [0, 0.05) is 26.4 Å². The van der Waals surface area contributed by atoms with E-state index in [4.69, 9.17) is 18.9 Å². The van der Waals surface area contributed by atoms with Crippen LogP contribution in [0, 0.1) is 6.10 Å². The Morgan fingerprint density at radius 1 is 0.708 bits per heavy atom. The topological polar surface area (TPSA) is 36.9 Å². The summed E-state index contributed by atoms with van der Waals surface area (Å²) in [4.78, 5) is 0. The van der Waals surface area contributed by atoms with E-state index in [1.54, 1.807) is 0 Å². The van der Waals surface area contributed by atoms with Crippen LogP contribution < -0.4 is 0 Å². The maximum atomic E-state index is 6.65. The molecule has 0 aliphatic carbocycles. The van der Waals surface area contributed by atoms with Gasteiger partial charge in [-0.15, -0.1) is 0 Å². The summed E-state index contributed by atoms with van der Waals surface area (Å²) in [5.41, 5.74) is -0.715. The summed E-state index contributed by atoms with van der Waals surface area (Å²) in [6.07, 6.45) is 15.0. The maximum Gasteiger partial charge on any atom is 0.132 e. The van der Waals surface area contributed by atoms with Crippen LogP contribution in [0.15, 0.2) is 0 Å². The van der Waals surface area contributed by atoms with Gasteiger partial charge in [0.2, 0.25) is 0 Å². The lowest BCUT2D eigenvalue weighted by molar-refractivity contribution is -0.296. The van der Waals surface area contributed by atoms with Crippen molar-refractivity contribution < 1.29 is 18.9 Å². The van der Waals surface area contributed by atoms with Crippen LogP contribution in [0.1, 0.15) is 77.0 Å². The molecule has 0 amide bonds. The summed E-state index contributed by atoms with van der Waals surface area (Å²) >= 11 is 0. The Kier molecular flexibility index (Phi) is 5.47. The van der Waals surface area contributed by atoms with Crippen molar-refractivity contribution in [2.45, 2.75) is 94.4 Å². The Morgan fingerprint density at radius 3 is 2.12 bits per heavy atom. The van der Waals surface area contributed by atoms with Gasteiger partial charge in [0.1, 0.15) is 17.3 Å². The molecule has 4 fully saturated rings. The number of hydrogen-bond donors (Lipinski definition) is 0. The van der Waals surface area contributed by atoms with E-state index in [0.29, 0.717) is 0 Å². The summed E-state index contributed by atoms with van der Waals surface area (Å²) in [6, 6.07) is 0. The molecule has 4 aliphatic heterocycles. The Labute approximate surface area is 146 Å². The van der Waals surface area contributed by atoms with Crippen molar-refractivity contribution in [2.24, 2.45) is 0 Å². The molecule has 4 rings (SSSR count). The Balaban J connectivity index is 1.70. The zero-order valence-electron chi connectivity index (χ0n) is 15.0. The van der Waals surface area contributed by atoms with E-state index >= 15 is 0 Å². The van der Waals surface area contributed by atoms with E-state index in [0.717, 1.165) is 71.4 Å². The Bertz CT molecular complexity index is 348. The predicted octanol–water partition coefficient (Wildman–Crippen LogP) is 4.17. The zero-order chi connectivity index (χ0) is 16.3. The van der Waals surface area contributed by atoms with E-state index in [-0.39, 0.29) is 17.3 Å². The molecule has 0 N–H and O–H groups in total. The molecule has 0 aromatic heterocycles. The lowest BCUT2D eigenvalue weighted by atomic mass is 9.65. The predicted molar refractivity (Wildman–Crippen MR) is 91.7 cm³/mol. The van der Waals surface area contributed by atoms with Crippen LogP contribution in [0.25, 0.3) is 0 Å². The molecule has 0 saturated carbocycles. The first-order chi connectivity index (χ1) is 11.9. The fraction of sp³-hybridized carbons (Fsp3) is 0.950. The summed E-state index contributed by atoms with van der Waals surface area (Å²) in [5.74, 6) is 0. The van der Waals surface area contributed by atoms with Crippen LogP contribution in [0.3, 0.4) is 0 Å². The van der Waals surface area contributed by atoms with Gasteiger partial charge in [-0.2, -0.15) is 0 Å². The highest BCUT2D eigenvalue weighted by Gasteiger charge is 2.64. The highest BCUT2D eigenvalue weighted by atomic mass is 16.6. The third-order valence-corrected chi connectivity index (χ3v) is 6.48. The standard InChI is InChI=1S/C20H33O4/c1-5-13-21-17(9-1)19(11-3-7-15-23-19)20(12-4-8-16-24-20)18-10-2-6-14-22-18/h17H,1-16H2. The minimum Gasteiger partial charge on any atom is -0.375 e. The van der Waals surface area contributed by atoms with E-state index in [1.807, 2.05) is 0 Å². The molecule has 4 heterocycles. The summed E-state index contributed by atoms with van der Waals surface area (Å²) in [6.45, 7) is 3.35. The second-order valence-corrected chi connectivity index (χ2v) is 7.91. The van der Waals surface area contributed by atoms with Gasteiger partial charge in [-0.25, -0.2) is 0 Å². The third-order valence-electron chi connectivity index (χ3n) is 6.48. The van der Waals surface area contributed by atoms with Gasteiger partial charge in [0.25, 0.3) is 0 Å². The van der Waals surface area contributed by atoms with Gasteiger partial charge in [-0.05, 0) is 77.0 Å². The first kappa shape index (κ1) is 17.3. The summed E-state index contributed by atoms with van der Waals surface area (Å²) < 4.78 is 25.8. The van der Waals surface area contributed by atoms with E-state index < -0.39 is 0 Å². The van der Waals surface area contributed by atoms with Gasteiger partial charge in [-0.1, -0.05) is 0 Å². The van der Waals surface area contributed by atoms with E-state index in [9.17, 15) is 0 Å². The molecule has 0 bridgehead atoms. The van der Waals surface area contributed by atoms with Gasteiger partial charge in [0.15, 0.2) is 0 Å². The largest absolute Gasteiger partial charge is 0.375 e. The van der Waals surface area contributed by atoms with Crippen LogP contribution in [-0.2, 0) is 18.9 Å². The van der Waals surface area contributed by atoms with Crippen LogP contribution >= 0.6 is 0 Å². The maximum absolute atomic E-state index is 6.65. The average molecular weight is 337 g/mol. The molecule has 24 heavy (non-hydrogen) atoms. The van der Waals surface area contributed by atoms with Crippen LogP contribution in [0.2, 0.25) is 0 Å². The first-order valence-corrected chi connectivity index (χ1v) is 10.3. The van der Waals surface area contributed by atoms with Gasteiger partial charge in [-0.3, -0.25) is 0 Å². The summed E-state index contributed by atoms with van der Waals surface area (Å²) in [7, 11) is 0. The Morgan fingerprint density at radius 2 is 1.50 bits per heavy atom. The van der Waals surface area contributed by atoms with Gasteiger partial charge in [0.05, 0.1) is 6.10 Å². The third kappa shape index (κ3) is 2.94. The molecule has 0 aromatic carbocycles. The second kappa shape index (κ2) is 7.61. The monoisotopic (exact) mass is 337 g/mol. The van der Waals surface area contributed by atoms with Crippen molar-refractivity contribution in [2.75, 3.05) is 26.4 Å². The molecule has 1 radical (unpaired) electrons. The molecule has 137 valence electrons. The molecule has 4 heteroatoms. The molecular weight excluding hydrogens is 304 g/mol. The quantitative estimate of drug-likeness (QED) is 0.775. The van der Waals surface area contributed by atoms with Crippen LogP contribution in [-0.4, -0.2) is 43.7 Å². The second-order valence-electron chi connectivity index (χ2n) is 7.91. The molecular formula is C20H33O4. The van der Waals surface area contributed by atoms with Gasteiger partial charge >= 0.3 is 0 Å². The van der Waals surface area contributed by atoms with E-state index in [2.05, 4.69) is 0 Å². The molecule has 4 aliphatic rings. The first-order valence-electron chi connectivity index (χ1n) is 10.3. The molecule has 4 saturated heterocycles. The minimum atomic E-state index is -0.381. The van der Waals surface area contributed by atoms with Crippen molar-refractivity contribution in [1.82, 2.24) is 0 Å². The molecule has 0 aromatic rings. The van der Waals surface area contributed by atoms with Crippen molar-refractivity contribution in [3.05, 3.63) is 6.10 Å². The summed E-state index contributed by atoms with van der Waals surface area (Å²) in [5, 5.41) is 0. The fourth-order valence-electron chi connectivity index (χ4n) is 5.32. The smallest absolute Gasteiger partial charge is 0.132 e. The SMILES string of the molecule is C1CC[C](C2(C3(C4CCCCO4)CCCCO3)CCCCO2)OC1. The number of hydrogen-bond acceptors (Lipinski definition) is 4. The van der Waals surface area contributed by atoms with Crippen molar-refractivity contribution in [3.8, 4) is 0 Å². The normalized spacial score (nSPS) is 42.8. The molecule has 4 nitrogen and oxygen atoms in total. The molecule has 3 atom stereocenters. The van der Waals surface area contributed by atoms with Crippen molar-refractivity contribution in [1.29, 1.82) is 0 Å². The average Bonchev–Trinajstić information content (AvgIpc) is 2.70. The zero-order valence-corrected chi connectivity index (χ0v) is 15.0. The molecule has 3 unspecified atom stereocenters. The lowest BCUT2D eigenvalue weighted by Crippen LogP contribution is -2.69. The number of rotatable bonds is 3. The van der Waals surface area contributed by atoms with E-state index in [1.165, 1.54) is 38.2 Å². The van der Waals surface area contributed by atoms with Crippen LogP contribution in [0.4, 0.5) is 0 Å².